The highest BCUT2D eigenvalue weighted by molar-refractivity contribution is 5.74. The second kappa shape index (κ2) is 8.92. The molecule has 23 heavy (non-hydrogen) atoms. The van der Waals surface area contributed by atoms with Gasteiger partial charge in [0.1, 0.15) is 0 Å². The van der Waals surface area contributed by atoms with Crippen LogP contribution >= 0.6 is 0 Å². The Morgan fingerprint density at radius 3 is 2.43 bits per heavy atom. The Balaban J connectivity index is 2.01. The summed E-state index contributed by atoms with van der Waals surface area (Å²) >= 11 is 0. The van der Waals surface area contributed by atoms with Crippen LogP contribution in [0.1, 0.15) is 56.7 Å². The van der Waals surface area contributed by atoms with Crippen LogP contribution in [0.15, 0.2) is 24.3 Å². The molecule has 0 bridgehead atoms. The summed E-state index contributed by atoms with van der Waals surface area (Å²) in [5.41, 5.74) is 2.56. The summed E-state index contributed by atoms with van der Waals surface area (Å²) in [6.45, 7) is 9.11. The van der Waals surface area contributed by atoms with E-state index in [2.05, 4.69) is 53.6 Å². The van der Waals surface area contributed by atoms with Gasteiger partial charge in [-0.15, -0.1) is 0 Å². The van der Waals surface area contributed by atoms with Crippen LogP contribution in [0, 0.1) is 6.92 Å². The monoisotopic (exact) mass is 317 g/mol. The third-order valence-electron chi connectivity index (χ3n) is 4.74. The molecule has 2 unspecified atom stereocenters. The molecule has 1 fully saturated rings. The maximum absolute atomic E-state index is 12.0. The van der Waals surface area contributed by atoms with Gasteiger partial charge >= 0.3 is 6.03 Å². The molecule has 0 aromatic heterocycles. The van der Waals surface area contributed by atoms with E-state index < -0.39 is 0 Å². The molecule has 128 valence electrons. The first kappa shape index (κ1) is 17.8. The number of carbonyl (C=O) groups is 1. The third-order valence-corrected chi connectivity index (χ3v) is 4.74. The normalized spacial score (nSPS) is 18.2. The predicted octanol–water partition coefficient (Wildman–Crippen LogP) is 3.62. The van der Waals surface area contributed by atoms with Crippen LogP contribution in [0.25, 0.3) is 0 Å². The van der Waals surface area contributed by atoms with Gasteiger partial charge in [0.25, 0.3) is 0 Å². The summed E-state index contributed by atoms with van der Waals surface area (Å²) in [4.78, 5) is 14.6. The Morgan fingerprint density at radius 2 is 1.83 bits per heavy atom. The molecule has 4 nitrogen and oxygen atoms in total. The molecule has 0 aliphatic carbocycles. The average molecular weight is 317 g/mol. The summed E-state index contributed by atoms with van der Waals surface area (Å²) in [5, 5.41) is 6.05. The molecule has 1 aromatic carbocycles. The third kappa shape index (κ3) is 5.54. The van der Waals surface area contributed by atoms with Gasteiger partial charge in [-0.25, -0.2) is 4.79 Å². The Kier molecular flexibility index (Phi) is 6.90. The van der Waals surface area contributed by atoms with E-state index >= 15 is 0 Å². The molecule has 1 aliphatic rings. The largest absolute Gasteiger partial charge is 0.336 e. The number of hydrogen-bond donors (Lipinski definition) is 2. The molecule has 1 aromatic rings. The fourth-order valence-corrected chi connectivity index (χ4v) is 3.04. The number of nitrogens with zero attached hydrogens (tertiary/aromatic N) is 1. The molecule has 4 heteroatoms. The first-order valence-corrected chi connectivity index (χ1v) is 8.95. The lowest BCUT2D eigenvalue weighted by Gasteiger charge is -2.35. The van der Waals surface area contributed by atoms with Crippen molar-refractivity contribution in [3.05, 3.63) is 35.4 Å². The van der Waals surface area contributed by atoms with Crippen molar-refractivity contribution < 1.29 is 4.79 Å². The van der Waals surface area contributed by atoms with Gasteiger partial charge in [-0.05, 0) is 51.8 Å². The zero-order chi connectivity index (χ0) is 16.7. The molecule has 2 amide bonds. The van der Waals surface area contributed by atoms with Crippen LogP contribution in [-0.2, 0) is 0 Å². The summed E-state index contributed by atoms with van der Waals surface area (Å²) < 4.78 is 0. The van der Waals surface area contributed by atoms with Crippen LogP contribution in [0.2, 0.25) is 0 Å². The molecule has 2 atom stereocenters. The first-order chi connectivity index (χ1) is 11.1. The predicted molar refractivity (Wildman–Crippen MR) is 95.6 cm³/mol. The number of piperidine rings is 1. The van der Waals surface area contributed by atoms with Crippen molar-refractivity contribution in [1.82, 2.24) is 15.5 Å². The minimum absolute atomic E-state index is 0.0616. The van der Waals surface area contributed by atoms with E-state index in [0.29, 0.717) is 6.54 Å². The van der Waals surface area contributed by atoms with Gasteiger partial charge in [0.05, 0.1) is 6.04 Å². The molecule has 1 saturated heterocycles. The van der Waals surface area contributed by atoms with Gasteiger partial charge in [-0.3, -0.25) is 4.90 Å². The van der Waals surface area contributed by atoms with E-state index in [4.69, 9.17) is 0 Å². The van der Waals surface area contributed by atoms with Crippen molar-refractivity contribution in [3.8, 4) is 0 Å². The minimum Gasteiger partial charge on any atom is -0.336 e. The highest BCUT2D eigenvalue weighted by atomic mass is 16.2. The molecule has 0 saturated carbocycles. The van der Waals surface area contributed by atoms with Crippen molar-refractivity contribution in [3.63, 3.8) is 0 Å². The van der Waals surface area contributed by atoms with E-state index in [9.17, 15) is 4.79 Å². The molecule has 2 N–H and O–H groups in total. The highest BCUT2D eigenvalue weighted by Gasteiger charge is 2.22. The molecule has 0 radical (unpaired) electrons. The van der Waals surface area contributed by atoms with E-state index in [1.165, 1.54) is 30.4 Å². The van der Waals surface area contributed by atoms with Crippen LogP contribution in [0.4, 0.5) is 4.79 Å². The fraction of sp³-hybridized carbons (Fsp3) is 0.632. The van der Waals surface area contributed by atoms with Crippen molar-refractivity contribution in [2.75, 3.05) is 19.6 Å². The minimum atomic E-state index is -0.0616. The Labute approximate surface area is 140 Å². The second-order valence-electron chi connectivity index (χ2n) is 6.69. The SMILES string of the molecule is CCC(C)NC(=O)NCC(c1ccc(C)cc1)N1CCCCC1. The average Bonchev–Trinajstić information content (AvgIpc) is 2.57. The topological polar surface area (TPSA) is 44.4 Å². The summed E-state index contributed by atoms with van der Waals surface area (Å²) in [6.07, 6.45) is 4.77. The zero-order valence-electron chi connectivity index (χ0n) is 14.8. The number of rotatable bonds is 6. The number of urea groups is 1. The first-order valence-electron chi connectivity index (χ1n) is 8.95. The lowest BCUT2D eigenvalue weighted by Crippen LogP contribution is -2.45. The molecule has 0 spiro atoms. The number of nitrogens with one attached hydrogen (secondary N) is 2. The van der Waals surface area contributed by atoms with Crippen molar-refractivity contribution in [2.45, 2.75) is 58.5 Å². The standard InChI is InChI=1S/C19H31N3O/c1-4-16(3)21-19(23)20-14-18(22-12-6-5-7-13-22)17-10-8-15(2)9-11-17/h8-11,16,18H,4-7,12-14H2,1-3H3,(H2,20,21,23). The Hall–Kier alpha value is -1.55. The molecule has 1 aliphatic heterocycles. The van der Waals surface area contributed by atoms with E-state index in [1.54, 1.807) is 0 Å². The van der Waals surface area contributed by atoms with Gasteiger partial charge in [0.2, 0.25) is 0 Å². The summed E-state index contributed by atoms with van der Waals surface area (Å²) in [7, 11) is 0. The van der Waals surface area contributed by atoms with Gasteiger partial charge in [-0.1, -0.05) is 43.2 Å². The van der Waals surface area contributed by atoms with Crippen LogP contribution in [0.3, 0.4) is 0 Å². The van der Waals surface area contributed by atoms with Crippen LogP contribution < -0.4 is 10.6 Å². The van der Waals surface area contributed by atoms with Gasteiger partial charge in [0, 0.05) is 12.6 Å². The molecular formula is C19H31N3O. The molecule has 1 heterocycles. The number of likely N-dealkylation sites (tertiary alicyclic amines) is 1. The smallest absolute Gasteiger partial charge is 0.315 e. The van der Waals surface area contributed by atoms with Gasteiger partial charge in [0.15, 0.2) is 0 Å². The summed E-state index contributed by atoms with van der Waals surface area (Å²) in [6, 6.07) is 9.12. The molecule has 2 rings (SSSR count). The van der Waals surface area contributed by atoms with E-state index in [1.807, 2.05) is 6.92 Å². The number of aryl methyl sites for hydroxylation is 1. The van der Waals surface area contributed by atoms with Gasteiger partial charge < -0.3 is 10.6 Å². The second-order valence-corrected chi connectivity index (χ2v) is 6.69. The Morgan fingerprint density at radius 1 is 1.17 bits per heavy atom. The van der Waals surface area contributed by atoms with Crippen molar-refractivity contribution >= 4 is 6.03 Å². The van der Waals surface area contributed by atoms with Crippen molar-refractivity contribution in [2.24, 2.45) is 0 Å². The number of amides is 2. The van der Waals surface area contributed by atoms with E-state index in [-0.39, 0.29) is 18.1 Å². The Bertz CT molecular complexity index is 480. The highest BCUT2D eigenvalue weighted by Crippen LogP contribution is 2.24. The lowest BCUT2D eigenvalue weighted by atomic mass is 10.0. The maximum Gasteiger partial charge on any atom is 0.315 e. The van der Waals surface area contributed by atoms with Gasteiger partial charge in [-0.2, -0.15) is 0 Å². The summed E-state index contributed by atoms with van der Waals surface area (Å²) in [5.74, 6) is 0. The van der Waals surface area contributed by atoms with Crippen molar-refractivity contribution in [1.29, 1.82) is 0 Å². The molecular weight excluding hydrogens is 286 g/mol. The zero-order valence-corrected chi connectivity index (χ0v) is 14.8. The number of carbonyl (C=O) groups excluding carboxylic acids is 1. The van der Waals surface area contributed by atoms with E-state index in [0.717, 1.165) is 19.5 Å². The quantitative estimate of drug-likeness (QED) is 0.841. The van der Waals surface area contributed by atoms with Crippen LogP contribution in [-0.4, -0.2) is 36.6 Å². The fourth-order valence-electron chi connectivity index (χ4n) is 3.04. The maximum atomic E-state index is 12.0. The number of hydrogen-bond acceptors (Lipinski definition) is 2. The van der Waals surface area contributed by atoms with Crippen LogP contribution in [0.5, 0.6) is 0 Å². The lowest BCUT2D eigenvalue weighted by molar-refractivity contribution is 0.160. The number of benzene rings is 1.